The van der Waals surface area contributed by atoms with Gasteiger partial charge in [-0.3, -0.25) is 4.98 Å². The lowest BCUT2D eigenvalue weighted by Crippen LogP contribution is -1.98. The minimum absolute atomic E-state index is 0.505. The molecule has 0 saturated heterocycles. The van der Waals surface area contributed by atoms with Crippen molar-refractivity contribution < 1.29 is 4.74 Å². The van der Waals surface area contributed by atoms with Gasteiger partial charge in [0.05, 0.1) is 18.4 Å². The monoisotopic (exact) mass is 303 g/mol. The molecule has 1 aromatic heterocycles. The third-order valence-corrected chi connectivity index (χ3v) is 3.69. The Balaban J connectivity index is 2.20. The van der Waals surface area contributed by atoms with Crippen LogP contribution >= 0.6 is 0 Å². The molecule has 0 fully saturated rings. The van der Waals surface area contributed by atoms with E-state index in [1.54, 1.807) is 13.3 Å². The number of ether oxygens (including phenoxy) is 1. The minimum Gasteiger partial charge on any atom is -0.494 e. The summed E-state index contributed by atoms with van der Waals surface area (Å²) >= 11 is 0. The molecule has 23 heavy (non-hydrogen) atoms. The minimum atomic E-state index is 0.505. The summed E-state index contributed by atoms with van der Waals surface area (Å²) in [7, 11) is 1.62. The van der Waals surface area contributed by atoms with E-state index in [4.69, 9.17) is 4.74 Å². The molecule has 4 nitrogen and oxygen atoms in total. The van der Waals surface area contributed by atoms with Crippen LogP contribution in [0.5, 0.6) is 5.75 Å². The molecule has 1 N–H and O–H groups in total. The van der Waals surface area contributed by atoms with Gasteiger partial charge in [0.1, 0.15) is 17.3 Å². The Kier molecular flexibility index (Phi) is 3.86. The van der Waals surface area contributed by atoms with E-state index in [0.29, 0.717) is 11.3 Å². The maximum absolute atomic E-state index is 9.43. The number of nitriles is 1. The quantitative estimate of drug-likeness (QED) is 0.775. The van der Waals surface area contributed by atoms with E-state index in [9.17, 15) is 5.26 Å². The summed E-state index contributed by atoms with van der Waals surface area (Å²) in [5, 5.41) is 13.7. The van der Waals surface area contributed by atoms with Crippen LogP contribution in [0.2, 0.25) is 0 Å². The maximum Gasteiger partial charge on any atom is 0.145 e. The zero-order chi connectivity index (χ0) is 16.4. The molecule has 0 aliphatic heterocycles. The second-order valence-corrected chi connectivity index (χ2v) is 5.52. The molecule has 0 bridgehead atoms. The first-order valence-electron chi connectivity index (χ1n) is 7.33. The van der Waals surface area contributed by atoms with Gasteiger partial charge in [0.15, 0.2) is 0 Å². The highest BCUT2D eigenvalue weighted by atomic mass is 16.5. The van der Waals surface area contributed by atoms with E-state index in [1.165, 1.54) is 11.1 Å². The highest BCUT2D eigenvalue weighted by Gasteiger charge is 2.12. The van der Waals surface area contributed by atoms with Crippen LogP contribution in [0.1, 0.15) is 16.7 Å². The number of nitrogens with one attached hydrogen (secondary N) is 1. The van der Waals surface area contributed by atoms with Crippen LogP contribution in [0.4, 0.5) is 11.4 Å². The molecule has 3 aromatic rings. The predicted octanol–water partition coefficient (Wildman–Crippen LogP) is 4.48. The Labute approximate surface area is 135 Å². The van der Waals surface area contributed by atoms with Gasteiger partial charge in [0.25, 0.3) is 0 Å². The molecule has 0 unspecified atom stereocenters. The largest absolute Gasteiger partial charge is 0.494 e. The molecule has 0 radical (unpaired) electrons. The number of para-hydroxylation sites is 1. The number of anilines is 2. The summed E-state index contributed by atoms with van der Waals surface area (Å²) in [6.07, 6.45) is 1.58. The number of benzene rings is 2. The second-order valence-electron chi connectivity index (χ2n) is 5.52. The number of aryl methyl sites for hydroxylation is 2. The molecule has 1 heterocycles. The highest BCUT2D eigenvalue weighted by molar-refractivity contribution is 5.98. The van der Waals surface area contributed by atoms with E-state index in [-0.39, 0.29) is 0 Å². The Morgan fingerprint density at radius 2 is 1.87 bits per heavy atom. The molecular weight excluding hydrogens is 286 g/mol. The average molecular weight is 303 g/mol. The number of hydrogen-bond donors (Lipinski definition) is 1. The van der Waals surface area contributed by atoms with E-state index >= 15 is 0 Å². The van der Waals surface area contributed by atoms with Gasteiger partial charge in [-0.2, -0.15) is 5.26 Å². The lowest BCUT2D eigenvalue weighted by Gasteiger charge is -2.14. The maximum atomic E-state index is 9.43. The highest BCUT2D eigenvalue weighted by Crippen LogP contribution is 2.33. The molecule has 0 atom stereocenters. The lowest BCUT2D eigenvalue weighted by atomic mass is 10.1. The van der Waals surface area contributed by atoms with Crippen LogP contribution in [-0.2, 0) is 0 Å². The number of pyridine rings is 1. The Bertz CT molecular complexity index is 906. The Morgan fingerprint density at radius 1 is 1.13 bits per heavy atom. The van der Waals surface area contributed by atoms with Crippen molar-refractivity contribution in [1.29, 1.82) is 5.26 Å². The van der Waals surface area contributed by atoms with E-state index in [1.807, 2.05) is 18.2 Å². The van der Waals surface area contributed by atoms with Crippen molar-refractivity contribution in [2.45, 2.75) is 13.8 Å². The van der Waals surface area contributed by atoms with Gasteiger partial charge in [-0.1, -0.05) is 18.2 Å². The molecule has 0 aliphatic rings. The molecular formula is C19H17N3O. The van der Waals surface area contributed by atoms with Crippen molar-refractivity contribution in [2.75, 3.05) is 12.4 Å². The fourth-order valence-corrected chi connectivity index (χ4v) is 2.77. The number of fused-ring (bicyclic) bond motifs is 1. The van der Waals surface area contributed by atoms with Crippen LogP contribution in [-0.4, -0.2) is 12.1 Å². The molecule has 0 spiro atoms. The van der Waals surface area contributed by atoms with Crippen LogP contribution in [0.15, 0.2) is 42.6 Å². The van der Waals surface area contributed by atoms with Crippen molar-refractivity contribution in [2.24, 2.45) is 0 Å². The number of aromatic nitrogens is 1. The van der Waals surface area contributed by atoms with E-state index in [2.05, 4.69) is 48.4 Å². The lowest BCUT2D eigenvalue weighted by molar-refractivity contribution is 0.419. The molecule has 0 aliphatic carbocycles. The predicted molar refractivity (Wildman–Crippen MR) is 92.2 cm³/mol. The summed E-state index contributed by atoms with van der Waals surface area (Å²) in [6.45, 7) is 4.11. The third-order valence-electron chi connectivity index (χ3n) is 3.69. The molecule has 0 saturated carbocycles. The zero-order valence-electron chi connectivity index (χ0n) is 13.3. The van der Waals surface area contributed by atoms with Crippen molar-refractivity contribution >= 4 is 22.3 Å². The van der Waals surface area contributed by atoms with Crippen molar-refractivity contribution in [1.82, 2.24) is 4.98 Å². The molecule has 4 heteroatoms. The van der Waals surface area contributed by atoms with Crippen molar-refractivity contribution in [3.63, 3.8) is 0 Å². The number of methoxy groups -OCH3 is 1. The first kappa shape index (κ1) is 14.9. The number of rotatable bonds is 3. The zero-order valence-corrected chi connectivity index (χ0v) is 13.3. The van der Waals surface area contributed by atoms with Gasteiger partial charge in [-0.05, 0) is 43.2 Å². The van der Waals surface area contributed by atoms with Crippen LogP contribution in [0.25, 0.3) is 10.9 Å². The SMILES string of the molecule is COc1cccc2c(Nc3cc(C)cc(C)c3)c(C#N)cnc12. The topological polar surface area (TPSA) is 57.9 Å². The molecule has 0 amide bonds. The van der Waals surface area contributed by atoms with Gasteiger partial charge in [-0.15, -0.1) is 0 Å². The standard InChI is InChI=1S/C19H17N3O/c1-12-7-13(2)9-15(8-12)22-18-14(10-20)11-21-19-16(18)5-4-6-17(19)23-3/h4-9,11H,1-3H3,(H,21,22). The molecule has 3 rings (SSSR count). The van der Waals surface area contributed by atoms with E-state index in [0.717, 1.165) is 22.3 Å². The van der Waals surface area contributed by atoms with Gasteiger partial charge in [-0.25, -0.2) is 0 Å². The Hall–Kier alpha value is -3.06. The normalized spacial score (nSPS) is 10.3. The van der Waals surface area contributed by atoms with Crippen molar-refractivity contribution in [3.05, 3.63) is 59.3 Å². The third kappa shape index (κ3) is 2.82. The molecule has 114 valence electrons. The van der Waals surface area contributed by atoms with Crippen molar-refractivity contribution in [3.8, 4) is 11.8 Å². The first-order valence-corrected chi connectivity index (χ1v) is 7.33. The van der Waals surface area contributed by atoms with Crippen LogP contribution in [0.3, 0.4) is 0 Å². The van der Waals surface area contributed by atoms with Crippen LogP contribution < -0.4 is 10.1 Å². The summed E-state index contributed by atoms with van der Waals surface area (Å²) in [4.78, 5) is 4.37. The average Bonchev–Trinajstić information content (AvgIpc) is 2.53. The van der Waals surface area contributed by atoms with Gasteiger partial charge < -0.3 is 10.1 Å². The molecule has 2 aromatic carbocycles. The summed E-state index contributed by atoms with van der Waals surface area (Å²) < 4.78 is 5.37. The smallest absolute Gasteiger partial charge is 0.145 e. The van der Waals surface area contributed by atoms with E-state index < -0.39 is 0 Å². The number of nitrogens with zero attached hydrogens (tertiary/aromatic N) is 2. The second kappa shape index (κ2) is 5.98. The fourth-order valence-electron chi connectivity index (χ4n) is 2.77. The summed E-state index contributed by atoms with van der Waals surface area (Å²) in [6, 6.07) is 14.1. The summed E-state index contributed by atoms with van der Waals surface area (Å²) in [5.41, 5.74) is 5.28. The fraction of sp³-hybridized carbons (Fsp3) is 0.158. The van der Waals surface area contributed by atoms with Gasteiger partial charge in [0.2, 0.25) is 0 Å². The Morgan fingerprint density at radius 3 is 2.52 bits per heavy atom. The summed E-state index contributed by atoms with van der Waals surface area (Å²) in [5.74, 6) is 0.690. The van der Waals surface area contributed by atoms with Crippen LogP contribution in [0, 0.1) is 25.2 Å². The number of hydrogen-bond acceptors (Lipinski definition) is 4. The first-order chi connectivity index (χ1) is 11.1. The van der Waals surface area contributed by atoms with Gasteiger partial charge >= 0.3 is 0 Å². The van der Waals surface area contributed by atoms with Gasteiger partial charge in [0, 0.05) is 17.3 Å².